The van der Waals surface area contributed by atoms with E-state index in [4.69, 9.17) is 0 Å². The van der Waals surface area contributed by atoms with Crippen LogP contribution in [0.4, 0.5) is 17.6 Å². The van der Waals surface area contributed by atoms with Gasteiger partial charge in [-0.25, -0.2) is 4.39 Å². The van der Waals surface area contributed by atoms with Crippen LogP contribution in [0.2, 0.25) is 0 Å². The summed E-state index contributed by atoms with van der Waals surface area (Å²) in [6, 6.07) is 2.14. The fourth-order valence-corrected chi connectivity index (χ4v) is 2.13. The summed E-state index contributed by atoms with van der Waals surface area (Å²) < 4.78 is 50.8. The minimum Gasteiger partial charge on any atom is -0.348 e. The largest absolute Gasteiger partial charge is 0.419 e. The first-order chi connectivity index (χ1) is 9.38. The van der Waals surface area contributed by atoms with Gasteiger partial charge in [0.2, 0.25) is 0 Å². The summed E-state index contributed by atoms with van der Waals surface area (Å²) in [5, 5.41) is 5.72. The first-order valence-corrected chi connectivity index (χ1v) is 6.26. The molecule has 0 unspecified atom stereocenters. The summed E-state index contributed by atoms with van der Waals surface area (Å²) in [6.45, 7) is 1.44. The quantitative estimate of drug-likeness (QED) is 0.821. The van der Waals surface area contributed by atoms with Gasteiger partial charge in [-0.3, -0.25) is 4.79 Å². The van der Waals surface area contributed by atoms with Crippen LogP contribution in [0.15, 0.2) is 18.2 Å². The third-order valence-electron chi connectivity index (χ3n) is 3.17. The van der Waals surface area contributed by atoms with Crippen molar-refractivity contribution in [1.29, 1.82) is 0 Å². The lowest BCUT2D eigenvalue weighted by molar-refractivity contribution is -0.140. The number of amides is 1. The van der Waals surface area contributed by atoms with Gasteiger partial charge in [0.05, 0.1) is 5.56 Å². The Labute approximate surface area is 113 Å². The third kappa shape index (κ3) is 3.47. The molecule has 0 spiro atoms. The lowest BCUT2D eigenvalue weighted by Crippen LogP contribution is -2.45. The monoisotopic (exact) mass is 290 g/mol. The SMILES string of the molecule is O=C(N[C@H]1CCCNC1)c1ccc(F)c(C(F)(F)F)c1. The van der Waals surface area contributed by atoms with Gasteiger partial charge >= 0.3 is 6.18 Å². The average Bonchev–Trinajstić information content (AvgIpc) is 2.39. The number of piperidine rings is 1. The molecule has 1 aliphatic rings. The van der Waals surface area contributed by atoms with E-state index < -0.39 is 23.5 Å². The molecule has 1 fully saturated rings. The van der Waals surface area contributed by atoms with Crippen LogP contribution in [0.25, 0.3) is 0 Å². The first-order valence-electron chi connectivity index (χ1n) is 6.26. The van der Waals surface area contributed by atoms with Crippen molar-refractivity contribution in [1.82, 2.24) is 10.6 Å². The molecule has 1 aliphatic heterocycles. The second-order valence-corrected chi connectivity index (χ2v) is 4.71. The number of nitrogens with one attached hydrogen (secondary N) is 2. The van der Waals surface area contributed by atoms with E-state index in [1.165, 1.54) is 0 Å². The maximum Gasteiger partial charge on any atom is 0.419 e. The molecule has 0 bridgehead atoms. The Hall–Kier alpha value is -1.63. The number of carbonyl (C=O) groups is 1. The minimum atomic E-state index is -4.81. The number of hydrogen-bond donors (Lipinski definition) is 2. The molecule has 0 aromatic heterocycles. The highest BCUT2D eigenvalue weighted by atomic mass is 19.4. The number of carbonyl (C=O) groups excluding carboxylic acids is 1. The third-order valence-corrected chi connectivity index (χ3v) is 3.17. The Bertz CT molecular complexity index is 496. The fraction of sp³-hybridized carbons (Fsp3) is 0.462. The van der Waals surface area contributed by atoms with Crippen molar-refractivity contribution in [3.8, 4) is 0 Å². The van der Waals surface area contributed by atoms with Gasteiger partial charge in [0.1, 0.15) is 5.82 Å². The van der Waals surface area contributed by atoms with Gasteiger partial charge in [-0.2, -0.15) is 13.2 Å². The summed E-state index contributed by atoms with van der Waals surface area (Å²) in [5.41, 5.74) is -1.61. The number of rotatable bonds is 2. The van der Waals surface area contributed by atoms with Crippen molar-refractivity contribution in [2.75, 3.05) is 13.1 Å². The lowest BCUT2D eigenvalue weighted by atomic mass is 10.1. The zero-order valence-electron chi connectivity index (χ0n) is 10.6. The van der Waals surface area contributed by atoms with Crippen LogP contribution in [0.3, 0.4) is 0 Å². The molecular weight excluding hydrogens is 276 g/mol. The molecule has 1 heterocycles. The second-order valence-electron chi connectivity index (χ2n) is 4.71. The van der Waals surface area contributed by atoms with Crippen LogP contribution in [-0.4, -0.2) is 25.0 Å². The second kappa shape index (κ2) is 5.78. The van der Waals surface area contributed by atoms with Gasteiger partial charge in [0.15, 0.2) is 0 Å². The van der Waals surface area contributed by atoms with Crippen molar-refractivity contribution in [3.63, 3.8) is 0 Å². The number of hydrogen-bond acceptors (Lipinski definition) is 2. The summed E-state index contributed by atoms with van der Waals surface area (Å²) in [6.07, 6.45) is -3.15. The molecule has 0 saturated carbocycles. The number of halogens is 4. The molecule has 0 radical (unpaired) electrons. The van der Waals surface area contributed by atoms with Crippen LogP contribution in [0.1, 0.15) is 28.8 Å². The Kier molecular flexibility index (Phi) is 4.27. The maximum absolute atomic E-state index is 13.1. The molecule has 110 valence electrons. The summed E-state index contributed by atoms with van der Waals surface area (Å²) in [4.78, 5) is 11.9. The predicted molar refractivity (Wildman–Crippen MR) is 64.8 cm³/mol. The molecule has 1 aromatic rings. The topological polar surface area (TPSA) is 41.1 Å². The van der Waals surface area contributed by atoms with Crippen LogP contribution >= 0.6 is 0 Å². The highest BCUT2D eigenvalue weighted by molar-refractivity contribution is 5.94. The van der Waals surface area contributed by atoms with Crippen molar-refractivity contribution in [2.24, 2.45) is 0 Å². The molecule has 0 aliphatic carbocycles. The van der Waals surface area contributed by atoms with Gasteiger partial charge in [-0.15, -0.1) is 0 Å². The van der Waals surface area contributed by atoms with E-state index in [2.05, 4.69) is 10.6 Å². The van der Waals surface area contributed by atoms with Gasteiger partial charge in [0.25, 0.3) is 5.91 Å². The van der Waals surface area contributed by atoms with Crippen molar-refractivity contribution >= 4 is 5.91 Å². The van der Waals surface area contributed by atoms with Crippen molar-refractivity contribution in [2.45, 2.75) is 25.1 Å². The highest BCUT2D eigenvalue weighted by Gasteiger charge is 2.34. The first kappa shape index (κ1) is 14.8. The van der Waals surface area contributed by atoms with E-state index in [0.29, 0.717) is 18.7 Å². The van der Waals surface area contributed by atoms with Gasteiger partial charge < -0.3 is 10.6 Å². The van der Waals surface area contributed by atoms with E-state index in [9.17, 15) is 22.4 Å². The van der Waals surface area contributed by atoms with Gasteiger partial charge in [0, 0.05) is 18.2 Å². The molecule has 3 nitrogen and oxygen atoms in total. The van der Waals surface area contributed by atoms with E-state index >= 15 is 0 Å². The average molecular weight is 290 g/mol. The standard InChI is InChI=1S/C13H14F4N2O/c14-11-4-3-8(6-10(11)13(15,16)17)12(20)19-9-2-1-5-18-7-9/h3-4,6,9,18H,1-2,5,7H2,(H,19,20)/t9-/m0/s1. The van der Waals surface area contributed by atoms with Crippen LogP contribution < -0.4 is 10.6 Å². The van der Waals surface area contributed by atoms with E-state index in [-0.39, 0.29) is 11.6 Å². The smallest absolute Gasteiger partial charge is 0.348 e. The predicted octanol–water partition coefficient (Wildman–Crippen LogP) is 2.33. The molecule has 2 rings (SSSR count). The molecule has 2 N–H and O–H groups in total. The zero-order valence-corrected chi connectivity index (χ0v) is 10.6. The molecule has 7 heteroatoms. The Balaban J connectivity index is 2.13. The summed E-state index contributed by atoms with van der Waals surface area (Å²) in [5.74, 6) is -2.00. The maximum atomic E-state index is 13.1. The Morgan fingerprint density at radius 3 is 2.70 bits per heavy atom. The Morgan fingerprint density at radius 2 is 2.10 bits per heavy atom. The van der Waals surface area contributed by atoms with Gasteiger partial charge in [-0.05, 0) is 37.6 Å². The summed E-state index contributed by atoms with van der Waals surface area (Å²) in [7, 11) is 0. The fourth-order valence-electron chi connectivity index (χ4n) is 2.13. The van der Waals surface area contributed by atoms with Crippen LogP contribution in [0.5, 0.6) is 0 Å². The minimum absolute atomic E-state index is 0.115. The van der Waals surface area contributed by atoms with Crippen molar-refractivity contribution < 1.29 is 22.4 Å². The molecule has 1 saturated heterocycles. The Morgan fingerprint density at radius 1 is 1.35 bits per heavy atom. The lowest BCUT2D eigenvalue weighted by Gasteiger charge is -2.24. The van der Waals surface area contributed by atoms with Gasteiger partial charge in [-0.1, -0.05) is 0 Å². The highest BCUT2D eigenvalue weighted by Crippen LogP contribution is 2.31. The van der Waals surface area contributed by atoms with Crippen LogP contribution in [-0.2, 0) is 6.18 Å². The summed E-state index contributed by atoms with van der Waals surface area (Å²) >= 11 is 0. The van der Waals surface area contributed by atoms with Crippen molar-refractivity contribution in [3.05, 3.63) is 35.1 Å². The molecule has 1 amide bonds. The number of alkyl halides is 3. The zero-order chi connectivity index (χ0) is 14.8. The molecular formula is C13H14F4N2O. The number of benzene rings is 1. The normalized spacial score (nSPS) is 19.7. The molecule has 1 atom stereocenters. The van der Waals surface area contributed by atoms with E-state index in [0.717, 1.165) is 25.5 Å². The van der Waals surface area contributed by atoms with E-state index in [1.54, 1.807) is 0 Å². The van der Waals surface area contributed by atoms with Crippen LogP contribution in [0, 0.1) is 5.82 Å². The van der Waals surface area contributed by atoms with E-state index in [1.807, 2.05) is 0 Å². The molecule has 20 heavy (non-hydrogen) atoms. The molecule has 1 aromatic carbocycles.